The highest BCUT2D eigenvalue weighted by atomic mass is 16.7. The number of ether oxygens (including phenoxy) is 15. The molecule has 9 aliphatic rings. The average molecular weight is 1910 g/mol. The maximum Gasteiger partial charge on any atom is 0.173 e. The average Bonchev–Trinajstić information content (AvgIpc) is 0.882. The number of rotatable bonds is 49. The van der Waals surface area contributed by atoms with Crippen molar-refractivity contribution in [3.8, 4) is 0 Å². The fourth-order valence-corrected chi connectivity index (χ4v) is 17.5. The summed E-state index contributed by atoms with van der Waals surface area (Å²) in [5.41, 5.74) is 117. The van der Waals surface area contributed by atoms with Crippen LogP contribution in [0.4, 0.5) is 0 Å². The number of nitrogens with one attached hydrogen (secondary N) is 3. The highest BCUT2D eigenvalue weighted by molar-refractivity contribution is 5.16. The van der Waals surface area contributed by atoms with Crippen molar-refractivity contribution in [3.05, 3.63) is 114 Å². The number of unbranched alkanes of at least 4 members (excludes halogenated alkanes) is 2. The Bertz CT molecular complexity index is 3750. The molecule has 5 aliphatic heterocycles. The van der Waals surface area contributed by atoms with Gasteiger partial charge in [0.2, 0.25) is 0 Å². The van der Waals surface area contributed by atoms with Gasteiger partial charge < -0.3 is 207 Å². The lowest BCUT2D eigenvalue weighted by Gasteiger charge is -2.47. The quantitative estimate of drug-likeness (QED) is 0.00963. The van der Waals surface area contributed by atoms with E-state index in [2.05, 4.69) is 56.1 Å². The Balaban J connectivity index is 0.000000235. The van der Waals surface area contributed by atoms with E-state index in [1.165, 1.54) is 0 Å². The van der Waals surface area contributed by atoms with Gasteiger partial charge in [0, 0.05) is 95.2 Å². The largest absolute Gasteiger partial charge is 0.390 e. The van der Waals surface area contributed by atoms with E-state index in [0.29, 0.717) is 52.0 Å². The fourth-order valence-electron chi connectivity index (χ4n) is 17.5. The van der Waals surface area contributed by atoms with Crippen LogP contribution in [0.25, 0.3) is 41.8 Å². The molecule has 4 aliphatic carbocycles. The zero-order chi connectivity index (χ0) is 96.9. The van der Waals surface area contributed by atoms with E-state index in [4.69, 9.17) is 151 Å². The number of aliphatic hydroxyl groups is 9. The number of aliphatic hydroxyl groups excluding tert-OH is 9. The van der Waals surface area contributed by atoms with Crippen molar-refractivity contribution in [1.82, 2.24) is 16.0 Å². The van der Waals surface area contributed by atoms with Crippen molar-refractivity contribution in [2.45, 2.75) is 334 Å². The second-order valence-corrected chi connectivity index (χ2v) is 35.6. The molecule has 5 saturated heterocycles. The minimum Gasteiger partial charge on any atom is -0.390 e. The Hall–Kier alpha value is -5.92. The van der Waals surface area contributed by atoms with E-state index < -0.39 is 238 Å². The van der Waals surface area contributed by atoms with E-state index >= 15 is 0 Å². The Morgan fingerprint density at radius 1 is 0.381 bits per heavy atom. The maximum atomic E-state index is 11.1. The summed E-state index contributed by atoms with van der Waals surface area (Å²) in [6.45, 7) is 4.65. The molecule has 38 N–H and O–H groups in total. The zero-order valence-corrected chi connectivity index (χ0v) is 75.6. The molecule has 9 fully saturated rings. The summed E-state index contributed by atoms with van der Waals surface area (Å²) in [5.74, 6) is 0. The number of hydrogen-bond donors (Lipinski definition) is 25. The molecule has 52 heteroatoms. The molecule has 0 radical (unpaired) electrons. The van der Waals surface area contributed by atoms with E-state index in [1.54, 1.807) is 0 Å². The Kier molecular flexibility index (Phi) is 48.6. The van der Waals surface area contributed by atoms with Crippen LogP contribution in [0, 0.1) is 0 Å². The number of benzene rings is 2. The molecule has 0 bridgehead atoms. The summed E-state index contributed by atoms with van der Waals surface area (Å²) >= 11 is 0. The van der Waals surface area contributed by atoms with Crippen LogP contribution in [0.15, 0.2) is 81.1 Å². The van der Waals surface area contributed by atoms with Gasteiger partial charge in [-0.2, -0.15) is 0 Å². The molecule has 0 amide bonds. The van der Waals surface area contributed by atoms with Gasteiger partial charge in [0.05, 0.1) is 168 Å². The van der Waals surface area contributed by atoms with Crippen LogP contribution in [0.1, 0.15) is 88.2 Å². The van der Waals surface area contributed by atoms with Gasteiger partial charge in [-0.1, -0.05) is 81.1 Å². The van der Waals surface area contributed by atoms with Crippen LogP contribution in [0.3, 0.4) is 0 Å². The van der Waals surface area contributed by atoms with Gasteiger partial charge in [-0.25, -0.2) is 0 Å². The van der Waals surface area contributed by atoms with Crippen molar-refractivity contribution in [2.24, 2.45) is 95.0 Å². The first-order chi connectivity index (χ1) is 64.5. The van der Waals surface area contributed by atoms with E-state index in [1.807, 2.05) is 60.7 Å². The summed E-state index contributed by atoms with van der Waals surface area (Å²) < 4.78 is 89.5. The number of azide groups is 4. The van der Waals surface area contributed by atoms with Crippen molar-refractivity contribution in [2.75, 3.05) is 105 Å². The van der Waals surface area contributed by atoms with Crippen molar-refractivity contribution >= 4 is 0 Å². The molecule has 2 aromatic carbocycles. The molecular formula is C82H148N28O24. The number of epoxide rings is 1. The first-order valence-electron chi connectivity index (χ1n) is 46.2. The smallest absolute Gasteiger partial charge is 0.173 e. The first kappa shape index (κ1) is 112. The highest BCUT2D eigenvalue weighted by Gasteiger charge is 2.54. The summed E-state index contributed by atoms with van der Waals surface area (Å²) in [7, 11) is 0. The van der Waals surface area contributed by atoms with Crippen molar-refractivity contribution < 1.29 is 117 Å². The van der Waals surface area contributed by atoms with Crippen LogP contribution >= 0.6 is 0 Å². The second kappa shape index (κ2) is 58.3. The van der Waals surface area contributed by atoms with Gasteiger partial charge in [0.25, 0.3) is 0 Å². The molecular weight excluding hydrogens is 1760 g/mol. The zero-order valence-electron chi connectivity index (χ0n) is 75.6. The monoisotopic (exact) mass is 1910 g/mol. The Labute approximate surface area is 777 Å². The molecule has 5 heterocycles. The summed E-state index contributed by atoms with van der Waals surface area (Å²) in [6.07, 6.45) is -18.3. The normalized spacial score (nSPS) is 38.4. The molecule has 52 nitrogen and oxygen atoms in total. The van der Waals surface area contributed by atoms with Gasteiger partial charge >= 0.3 is 0 Å². The third-order valence-corrected chi connectivity index (χ3v) is 25.0. The molecule has 4 unspecified atom stereocenters. The number of hydrogen-bond acceptors (Lipinski definition) is 44. The minimum absolute atomic E-state index is 0.00214. The molecule has 2 aromatic rings. The van der Waals surface area contributed by atoms with E-state index in [-0.39, 0.29) is 117 Å². The Morgan fingerprint density at radius 2 is 0.739 bits per heavy atom. The molecule has 11 rings (SSSR count). The molecule has 0 spiro atoms. The van der Waals surface area contributed by atoms with Gasteiger partial charge in [-0.3, -0.25) is 0 Å². The molecule has 760 valence electrons. The summed E-state index contributed by atoms with van der Waals surface area (Å²) in [5, 5.41) is 120. The van der Waals surface area contributed by atoms with Gasteiger partial charge in [-0.05, 0) is 136 Å². The van der Waals surface area contributed by atoms with Crippen molar-refractivity contribution in [3.63, 3.8) is 0 Å². The fraction of sp³-hybridized carbons (Fsp3) is 0.854. The lowest BCUT2D eigenvalue weighted by atomic mass is 9.84. The maximum absolute atomic E-state index is 11.1. The third kappa shape index (κ3) is 34.2. The van der Waals surface area contributed by atoms with Crippen LogP contribution in [-0.4, -0.2) is 395 Å². The second-order valence-electron chi connectivity index (χ2n) is 35.6. The minimum atomic E-state index is -1.21. The number of nitrogens with zero attached hydrogens (tertiary/aromatic N) is 12. The van der Waals surface area contributed by atoms with Crippen LogP contribution < -0.4 is 90.5 Å². The van der Waals surface area contributed by atoms with Gasteiger partial charge in [0.1, 0.15) is 67.1 Å². The summed E-state index contributed by atoms with van der Waals surface area (Å²) in [4.78, 5) is 11.9. The van der Waals surface area contributed by atoms with Crippen molar-refractivity contribution in [1.29, 1.82) is 0 Å². The van der Waals surface area contributed by atoms with Crippen LogP contribution in [0.5, 0.6) is 0 Å². The predicted molar refractivity (Wildman–Crippen MR) is 482 cm³/mol. The SMILES string of the molecule is NCCCCNCC(O)CO[C@@H]1[C@@H](O)[C@H](O[C@H]2O[C@H](CN)[C@@H](O)C[C@H]2N)[C@@H](N)C[C@H]1N.NC[C@H]1O[C@H](O[C@H]2[C@H](O)[C@@H](OCC(O)CNCCCCNCC(O)CO[C@@H]3[C@@H](O)[C@H](O[C@H]4O[C@H](CN)[C@@H](O)C[C@H]4N)[C@@H](N)C[C@H]3N)[C@H](N)C[C@@H]2N)[C@H](N)C[C@@H]1O.[N-]=[N+]=NC[C@H]1O[C@H](O[C@H]2[C@H](OCc3ccccc3)[C@@H](OCC3CO3)[C@H](N=[N+]=[N-])C[C@@H]2N=[N+]=[N-])[C@H](N=[N+]=[N-])C[C@@H]1OCc1ccccc1. The third-order valence-electron chi connectivity index (χ3n) is 25.0. The van der Waals surface area contributed by atoms with E-state index in [9.17, 15) is 62.6 Å². The summed E-state index contributed by atoms with van der Waals surface area (Å²) in [6, 6.07) is 11.0. The first-order valence-corrected chi connectivity index (χ1v) is 46.2. The Morgan fingerprint density at radius 3 is 1.11 bits per heavy atom. The van der Waals surface area contributed by atoms with Crippen LogP contribution in [-0.2, 0) is 84.3 Å². The molecule has 0 aromatic heterocycles. The predicted octanol–water partition coefficient (Wildman–Crippen LogP) is -6.61. The molecule has 40 atom stereocenters. The number of nitrogens with two attached hydrogens (primary N) is 13. The van der Waals surface area contributed by atoms with Crippen LogP contribution in [0.2, 0.25) is 0 Å². The molecule has 4 saturated carbocycles. The standard InChI is InChI=1S/C34H72N10O12.C29H34N12O6.C19H42N6O6/c35-9-25-23(47)7-21(41)33(53-25)55-31-19(39)5-17(37)29(27(31)49)51-13-15(45)11-43-3-1-2-4-44-12-16(46)14-52-30-18(38)6-20(40)32(28(30)50)56-34-22(42)8-24(48)26(10-36)54-34;30-38-34-13-25-24(43-14-18-7-3-1-4-8-18)12-23(37-41-33)29(46-25)47-27-22(36-40-32)11-21(35-39-31)26(45-17-20-16-42-20)28(27)44-15-19-9-5-2-6-10-19;20-3-1-2-4-25-8-10(26)9-29-17-11(22)5-12(23)18(16(17)28)31-19-13(24)6-14(27)15(7-21)30-19/h15-34,43-50H,1-14,35-42H2;1-10,20-29H,11-17H2;10-19,25-28H,1-9,20-24H2/t15?,16?,17-,18-,19+,20+,21-,22-,23+,24+,25-,26-,27-,28-,29+,30+,31-,32-,33-,34-;20?,21-,22+,23-,24+,25-,26+,27-,28-,29-;10?,11-,12+,13-,14+,15-,16-,17+,18-,19-/m111/s1. The van der Waals surface area contributed by atoms with Gasteiger partial charge in [0.15, 0.2) is 25.2 Å². The highest BCUT2D eigenvalue weighted by Crippen LogP contribution is 2.39. The van der Waals surface area contributed by atoms with E-state index in [0.717, 1.165) is 43.4 Å². The molecule has 134 heavy (non-hydrogen) atoms. The lowest BCUT2D eigenvalue weighted by molar-refractivity contribution is -0.280. The van der Waals surface area contributed by atoms with Gasteiger partial charge in [-0.15, -0.1) is 0 Å². The topological polar surface area (TPSA) is 893 Å². The lowest BCUT2D eigenvalue weighted by Crippen LogP contribution is -2.65.